The van der Waals surface area contributed by atoms with Gasteiger partial charge in [0.15, 0.2) is 0 Å². The van der Waals surface area contributed by atoms with Crippen molar-refractivity contribution < 1.29 is 19.4 Å². The molecule has 9 heteroatoms. The number of aromatic nitrogens is 2. The predicted octanol–water partition coefficient (Wildman–Crippen LogP) is 8.11. The van der Waals surface area contributed by atoms with Crippen LogP contribution < -0.4 is 10.1 Å². The van der Waals surface area contributed by atoms with Crippen LogP contribution in [0.2, 0.25) is 10.0 Å². The number of imidazole rings is 1. The molecule has 1 amide bonds. The SMILES string of the molecule is CCOc1ccc(-c2ccc(C=Cc3nc(-c4ccc(Cl)cc4Cl)cn3CC(=O)NCc3ccc(C(=O)O)cc3)cc2)cc1. The minimum Gasteiger partial charge on any atom is -0.494 e. The number of carboxylic acid groups (broad SMARTS) is 1. The van der Waals surface area contributed by atoms with Crippen molar-refractivity contribution in [2.24, 2.45) is 0 Å². The lowest BCUT2D eigenvalue weighted by Gasteiger charge is -2.08. The van der Waals surface area contributed by atoms with Crippen molar-refractivity contribution in [2.75, 3.05) is 6.61 Å². The first-order chi connectivity index (χ1) is 21.3. The average molecular weight is 627 g/mol. The Bertz CT molecular complexity index is 1800. The summed E-state index contributed by atoms with van der Waals surface area (Å²) in [5.41, 5.74) is 5.42. The first kappa shape index (κ1) is 30.6. The number of carbonyl (C=O) groups excluding carboxylic acids is 1. The van der Waals surface area contributed by atoms with Gasteiger partial charge in [-0.15, -0.1) is 0 Å². The van der Waals surface area contributed by atoms with Crippen molar-refractivity contribution in [2.45, 2.75) is 20.0 Å². The zero-order valence-electron chi connectivity index (χ0n) is 23.8. The summed E-state index contributed by atoms with van der Waals surface area (Å²) in [5, 5.41) is 13.0. The number of hydrogen-bond acceptors (Lipinski definition) is 4. The van der Waals surface area contributed by atoms with E-state index in [1.165, 1.54) is 12.1 Å². The third kappa shape index (κ3) is 7.75. The summed E-state index contributed by atoms with van der Waals surface area (Å²) in [6.07, 6.45) is 5.58. The van der Waals surface area contributed by atoms with Crippen molar-refractivity contribution in [3.8, 4) is 28.1 Å². The van der Waals surface area contributed by atoms with Gasteiger partial charge in [-0.25, -0.2) is 9.78 Å². The summed E-state index contributed by atoms with van der Waals surface area (Å²) in [6, 6.07) is 27.7. The van der Waals surface area contributed by atoms with E-state index in [0.29, 0.717) is 33.7 Å². The lowest BCUT2D eigenvalue weighted by Crippen LogP contribution is -2.27. The van der Waals surface area contributed by atoms with Gasteiger partial charge in [-0.05, 0) is 77.7 Å². The highest BCUT2D eigenvalue weighted by molar-refractivity contribution is 6.36. The molecule has 0 atom stereocenters. The van der Waals surface area contributed by atoms with Crippen LogP contribution in [-0.2, 0) is 17.9 Å². The van der Waals surface area contributed by atoms with Crippen molar-refractivity contribution >= 4 is 47.2 Å². The van der Waals surface area contributed by atoms with Crippen LogP contribution in [0.4, 0.5) is 0 Å². The molecule has 0 saturated carbocycles. The summed E-state index contributed by atoms with van der Waals surface area (Å²) in [7, 11) is 0. The van der Waals surface area contributed by atoms with Gasteiger partial charge in [0.2, 0.25) is 5.91 Å². The second-order valence-corrected chi connectivity index (χ2v) is 10.8. The maximum atomic E-state index is 12.9. The number of rotatable bonds is 11. The first-order valence-electron chi connectivity index (χ1n) is 13.9. The van der Waals surface area contributed by atoms with Crippen LogP contribution in [0.5, 0.6) is 5.75 Å². The molecule has 0 radical (unpaired) electrons. The molecule has 0 spiro atoms. The quantitative estimate of drug-likeness (QED) is 0.155. The molecular formula is C35H29Cl2N3O4. The number of aromatic carboxylic acids is 1. The van der Waals surface area contributed by atoms with E-state index < -0.39 is 5.97 Å². The standard InChI is InChI=1S/C35H29Cl2N3O4/c1-2-44-29-15-12-26(13-16-29)25-8-3-23(4-9-25)7-18-33-39-32(30-17-14-28(36)19-31(30)37)21-40(33)22-34(41)38-20-24-5-10-27(11-6-24)35(42)43/h3-19,21H,2,20,22H2,1H3,(H,38,41)(H,42,43). The van der Waals surface area contributed by atoms with Gasteiger partial charge in [-0.1, -0.05) is 77.8 Å². The summed E-state index contributed by atoms with van der Waals surface area (Å²) < 4.78 is 7.29. The second kappa shape index (κ2) is 14.1. The van der Waals surface area contributed by atoms with Gasteiger partial charge in [-0.2, -0.15) is 0 Å². The Hall–Kier alpha value is -4.85. The maximum Gasteiger partial charge on any atom is 0.335 e. The zero-order valence-corrected chi connectivity index (χ0v) is 25.3. The number of benzene rings is 4. The number of carboxylic acids is 1. The Balaban J connectivity index is 1.34. The smallest absolute Gasteiger partial charge is 0.335 e. The topological polar surface area (TPSA) is 93.5 Å². The second-order valence-electron chi connectivity index (χ2n) is 9.93. The number of nitrogens with one attached hydrogen (secondary N) is 1. The van der Waals surface area contributed by atoms with Gasteiger partial charge in [0, 0.05) is 23.3 Å². The highest BCUT2D eigenvalue weighted by atomic mass is 35.5. The molecule has 0 bridgehead atoms. The molecule has 222 valence electrons. The largest absolute Gasteiger partial charge is 0.494 e. The average Bonchev–Trinajstić information content (AvgIpc) is 3.41. The predicted molar refractivity (Wildman–Crippen MR) is 175 cm³/mol. The van der Waals surface area contributed by atoms with Gasteiger partial charge in [0.25, 0.3) is 0 Å². The van der Waals surface area contributed by atoms with Crippen LogP contribution in [0.15, 0.2) is 97.2 Å². The molecule has 0 aliphatic carbocycles. The van der Waals surface area contributed by atoms with E-state index in [-0.39, 0.29) is 24.6 Å². The molecule has 0 saturated heterocycles. The molecule has 2 N–H and O–H groups in total. The summed E-state index contributed by atoms with van der Waals surface area (Å²) in [5.74, 6) is 0.186. The molecule has 44 heavy (non-hydrogen) atoms. The molecule has 1 heterocycles. The van der Waals surface area contributed by atoms with Crippen LogP contribution in [0.25, 0.3) is 34.5 Å². The third-order valence-electron chi connectivity index (χ3n) is 6.85. The van der Waals surface area contributed by atoms with Crippen LogP contribution in [0.1, 0.15) is 34.2 Å². The van der Waals surface area contributed by atoms with E-state index in [1.807, 2.05) is 55.5 Å². The van der Waals surface area contributed by atoms with Crippen molar-refractivity contribution in [3.63, 3.8) is 0 Å². The molecule has 0 fully saturated rings. The molecule has 5 rings (SSSR count). The maximum absolute atomic E-state index is 12.9. The van der Waals surface area contributed by atoms with E-state index in [2.05, 4.69) is 17.4 Å². The van der Waals surface area contributed by atoms with E-state index in [1.54, 1.807) is 41.1 Å². The van der Waals surface area contributed by atoms with E-state index in [9.17, 15) is 9.59 Å². The highest BCUT2D eigenvalue weighted by Crippen LogP contribution is 2.30. The summed E-state index contributed by atoms with van der Waals surface area (Å²) in [6.45, 7) is 2.86. The number of halogens is 2. The lowest BCUT2D eigenvalue weighted by molar-refractivity contribution is -0.121. The van der Waals surface area contributed by atoms with Crippen LogP contribution in [0, 0.1) is 0 Å². The Labute approximate surface area is 265 Å². The van der Waals surface area contributed by atoms with Crippen molar-refractivity contribution in [1.29, 1.82) is 0 Å². The van der Waals surface area contributed by atoms with Gasteiger partial charge < -0.3 is 19.7 Å². The number of carbonyl (C=O) groups is 2. The van der Waals surface area contributed by atoms with E-state index in [4.69, 9.17) is 38.0 Å². The fourth-order valence-electron chi connectivity index (χ4n) is 4.56. The Morgan fingerprint density at radius 3 is 2.23 bits per heavy atom. The number of ether oxygens (including phenoxy) is 1. The molecule has 1 aromatic heterocycles. The molecule has 5 aromatic rings. The molecule has 0 aliphatic heterocycles. The number of amides is 1. The van der Waals surface area contributed by atoms with E-state index >= 15 is 0 Å². The minimum absolute atomic E-state index is 0.0156. The normalized spacial score (nSPS) is 11.1. The Morgan fingerprint density at radius 1 is 0.909 bits per heavy atom. The number of nitrogens with zero attached hydrogens (tertiary/aromatic N) is 2. The molecular weight excluding hydrogens is 597 g/mol. The van der Waals surface area contributed by atoms with Crippen LogP contribution in [-0.4, -0.2) is 33.1 Å². The van der Waals surface area contributed by atoms with Gasteiger partial charge >= 0.3 is 5.97 Å². The third-order valence-corrected chi connectivity index (χ3v) is 7.40. The monoisotopic (exact) mass is 625 g/mol. The Kier molecular flexibility index (Phi) is 9.79. The van der Waals surface area contributed by atoms with Crippen LogP contribution in [0.3, 0.4) is 0 Å². The highest BCUT2D eigenvalue weighted by Gasteiger charge is 2.14. The fraction of sp³-hybridized carbons (Fsp3) is 0.114. The molecule has 7 nitrogen and oxygen atoms in total. The fourth-order valence-corrected chi connectivity index (χ4v) is 5.07. The minimum atomic E-state index is -0.999. The van der Waals surface area contributed by atoms with E-state index in [0.717, 1.165) is 28.0 Å². The first-order valence-corrected chi connectivity index (χ1v) is 14.7. The number of hydrogen-bond donors (Lipinski definition) is 2. The lowest BCUT2D eigenvalue weighted by atomic mass is 10.0. The van der Waals surface area contributed by atoms with Crippen molar-refractivity contribution in [3.05, 3.63) is 130 Å². The molecule has 0 unspecified atom stereocenters. The van der Waals surface area contributed by atoms with Gasteiger partial charge in [-0.3, -0.25) is 4.79 Å². The van der Waals surface area contributed by atoms with Crippen molar-refractivity contribution in [1.82, 2.24) is 14.9 Å². The molecule has 4 aromatic carbocycles. The Morgan fingerprint density at radius 2 is 1.59 bits per heavy atom. The van der Waals surface area contributed by atoms with Gasteiger partial charge in [0.05, 0.1) is 22.9 Å². The summed E-state index contributed by atoms with van der Waals surface area (Å²) >= 11 is 12.6. The molecule has 0 aliphatic rings. The van der Waals surface area contributed by atoms with Gasteiger partial charge in [0.1, 0.15) is 18.1 Å². The van der Waals surface area contributed by atoms with Crippen LogP contribution >= 0.6 is 23.2 Å². The zero-order chi connectivity index (χ0) is 31.1. The summed E-state index contributed by atoms with van der Waals surface area (Å²) in [4.78, 5) is 28.8.